The van der Waals surface area contributed by atoms with Crippen molar-refractivity contribution in [3.8, 4) is 0 Å². The first-order valence-corrected chi connectivity index (χ1v) is 6.74. The largest absolute Gasteiger partial charge is 0.376 e. The fourth-order valence-corrected chi connectivity index (χ4v) is 2.34. The van der Waals surface area contributed by atoms with Crippen LogP contribution in [0.5, 0.6) is 0 Å². The van der Waals surface area contributed by atoms with E-state index in [1.807, 2.05) is 19.1 Å². The molecule has 1 aliphatic heterocycles. The fraction of sp³-hybridized carbons (Fsp3) is 0.286. The molecule has 1 amide bonds. The lowest BCUT2D eigenvalue weighted by atomic mass is 10.1. The number of halogens is 1. The number of amides is 1. The van der Waals surface area contributed by atoms with Gasteiger partial charge in [-0.1, -0.05) is 17.7 Å². The molecule has 20 heavy (non-hydrogen) atoms. The van der Waals surface area contributed by atoms with Crippen molar-refractivity contribution >= 4 is 23.2 Å². The molecule has 1 aromatic heterocycles. The zero-order chi connectivity index (χ0) is 14.1. The number of hydrogen-bond donors (Lipinski definition) is 2. The van der Waals surface area contributed by atoms with E-state index in [2.05, 4.69) is 15.5 Å². The molecule has 2 N–H and O–H groups in total. The molecule has 0 saturated heterocycles. The topological polar surface area (TPSA) is 67.0 Å². The van der Waals surface area contributed by atoms with Crippen LogP contribution in [0.3, 0.4) is 0 Å². The van der Waals surface area contributed by atoms with Crippen molar-refractivity contribution in [3.63, 3.8) is 0 Å². The average Bonchev–Trinajstić information content (AvgIpc) is 2.87. The fourth-order valence-electron chi connectivity index (χ4n) is 2.16. The Labute approximate surface area is 121 Å². The SMILES string of the molecule is Cc1ccc(NC(=O)c2n[nH]c3c2COCC3)cc1Cl. The molecule has 0 unspecified atom stereocenters. The van der Waals surface area contributed by atoms with Gasteiger partial charge in [-0.25, -0.2) is 0 Å². The maximum absolute atomic E-state index is 12.3. The number of benzene rings is 1. The van der Waals surface area contributed by atoms with Crippen LogP contribution in [0.15, 0.2) is 18.2 Å². The van der Waals surface area contributed by atoms with Crippen molar-refractivity contribution < 1.29 is 9.53 Å². The third kappa shape index (κ3) is 2.42. The normalized spacial score (nSPS) is 13.9. The molecule has 3 rings (SSSR count). The molecule has 5 nitrogen and oxygen atoms in total. The Morgan fingerprint density at radius 2 is 2.35 bits per heavy atom. The molecule has 1 aromatic carbocycles. The van der Waals surface area contributed by atoms with Crippen LogP contribution in [-0.4, -0.2) is 22.7 Å². The van der Waals surface area contributed by atoms with Crippen molar-refractivity contribution in [2.45, 2.75) is 20.0 Å². The molecule has 0 spiro atoms. The Bertz CT molecular complexity index is 666. The van der Waals surface area contributed by atoms with Crippen LogP contribution in [0, 0.1) is 6.92 Å². The number of nitrogens with one attached hydrogen (secondary N) is 2. The van der Waals surface area contributed by atoms with Crippen molar-refractivity contribution in [3.05, 3.63) is 45.7 Å². The molecule has 1 aliphatic rings. The number of nitrogens with zero attached hydrogens (tertiary/aromatic N) is 1. The lowest BCUT2D eigenvalue weighted by molar-refractivity contribution is 0.0985. The van der Waals surface area contributed by atoms with Crippen LogP contribution in [-0.2, 0) is 17.8 Å². The molecule has 0 bridgehead atoms. The zero-order valence-electron chi connectivity index (χ0n) is 11.0. The maximum atomic E-state index is 12.3. The number of aromatic nitrogens is 2. The van der Waals surface area contributed by atoms with E-state index in [9.17, 15) is 4.79 Å². The van der Waals surface area contributed by atoms with Gasteiger partial charge < -0.3 is 10.1 Å². The van der Waals surface area contributed by atoms with Gasteiger partial charge in [-0.05, 0) is 24.6 Å². The van der Waals surface area contributed by atoms with E-state index >= 15 is 0 Å². The minimum absolute atomic E-state index is 0.257. The second-order valence-electron chi connectivity index (χ2n) is 4.75. The number of carbonyl (C=O) groups excluding carboxylic acids is 1. The smallest absolute Gasteiger partial charge is 0.276 e. The van der Waals surface area contributed by atoms with Gasteiger partial charge in [-0.2, -0.15) is 5.10 Å². The third-order valence-corrected chi connectivity index (χ3v) is 3.75. The molecule has 0 atom stereocenters. The summed E-state index contributed by atoms with van der Waals surface area (Å²) in [7, 11) is 0. The first-order chi connectivity index (χ1) is 9.65. The number of aryl methyl sites for hydroxylation is 1. The van der Waals surface area contributed by atoms with Crippen LogP contribution in [0.25, 0.3) is 0 Å². The van der Waals surface area contributed by atoms with Crippen molar-refractivity contribution in [1.29, 1.82) is 0 Å². The molecule has 0 aliphatic carbocycles. The van der Waals surface area contributed by atoms with Crippen LogP contribution < -0.4 is 5.32 Å². The predicted molar refractivity (Wildman–Crippen MR) is 76.1 cm³/mol. The number of fused-ring (bicyclic) bond motifs is 1. The number of aromatic amines is 1. The van der Waals surface area contributed by atoms with E-state index in [0.29, 0.717) is 29.6 Å². The molecule has 6 heteroatoms. The van der Waals surface area contributed by atoms with E-state index in [4.69, 9.17) is 16.3 Å². The average molecular weight is 292 g/mol. The standard InChI is InChI=1S/C14H14ClN3O2/c1-8-2-3-9(6-11(8)15)16-14(19)13-10-7-20-5-4-12(10)17-18-13/h2-3,6H,4-5,7H2,1H3,(H,16,19)(H,17,18). The number of H-pyrrole nitrogens is 1. The molecule has 2 heterocycles. The predicted octanol–water partition coefficient (Wildman–Crippen LogP) is 2.70. The summed E-state index contributed by atoms with van der Waals surface area (Å²) in [6.45, 7) is 2.99. The first kappa shape index (κ1) is 13.1. The highest BCUT2D eigenvalue weighted by Crippen LogP contribution is 2.22. The number of hydrogen-bond acceptors (Lipinski definition) is 3. The van der Waals surface area contributed by atoms with Crippen LogP contribution in [0.1, 0.15) is 27.3 Å². The summed E-state index contributed by atoms with van der Waals surface area (Å²) in [5, 5.41) is 10.4. The van der Waals surface area contributed by atoms with Gasteiger partial charge in [0.1, 0.15) is 0 Å². The van der Waals surface area contributed by atoms with E-state index in [1.165, 1.54) is 0 Å². The first-order valence-electron chi connectivity index (χ1n) is 6.36. The Hall–Kier alpha value is -1.85. The Kier molecular flexibility index (Phi) is 3.46. The van der Waals surface area contributed by atoms with Crippen molar-refractivity contribution in [2.75, 3.05) is 11.9 Å². The van der Waals surface area contributed by atoms with Crippen LogP contribution in [0.2, 0.25) is 5.02 Å². The number of ether oxygens (including phenoxy) is 1. The van der Waals surface area contributed by atoms with Crippen LogP contribution >= 0.6 is 11.6 Å². The van der Waals surface area contributed by atoms with Gasteiger partial charge in [0.05, 0.1) is 13.2 Å². The Morgan fingerprint density at radius 3 is 3.15 bits per heavy atom. The summed E-state index contributed by atoms with van der Waals surface area (Å²) in [5.41, 5.74) is 3.82. The monoisotopic (exact) mass is 291 g/mol. The van der Waals surface area contributed by atoms with Gasteiger partial charge in [-0.15, -0.1) is 0 Å². The minimum Gasteiger partial charge on any atom is -0.376 e. The molecular weight excluding hydrogens is 278 g/mol. The van der Waals surface area contributed by atoms with E-state index in [1.54, 1.807) is 6.07 Å². The van der Waals surface area contributed by atoms with E-state index in [-0.39, 0.29) is 5.91 Å². The summed E-state index contributed by atoms with van der Waals surface area (Å²) in [4.78, 5) is 12.3. The number of rotatable bonds is 2. The third-order valence-electron chi connectivity index (χ3n) is 3.34. The van der Waals surface area contributed by atoms with E-state index in [0.717, 1.165) is 23.2 Å². The second kappa shape index (κ2) is 5.26. The van der Waals surface area contributed by atoms with Gasteiger partial charge in [0.25, 0.3) is 5.91 Å². The van der Waals surface area contributed by atoms with Crippen LogP contribution in [0.4, 0.5) is 5.69 Å². The minimum atomic E-state index is -0.257. The van der Waals surface area contributed by atoms with Gasteiger partial charge in [0, 0.05) is 28.4 Å². The Morgan fingerprint density at radius 1 is 1.50 bits per heavy atom. The maximum Gasteiger partial charge on any atom is 0.276 e. The van der Waals surface area contributed by atoms with Gasteiger partial charge >= 0.3 is 0 Å². The summed E-state index contributed by atoms with van der Waals surface area (Å²) in [5.74, 6) is -0.257. The summed E-state index contributed by atoms with van der Waals surface area (Å²) < 4.78 is 5.37. The molecule has 0 radical (unpaired) electrons. The van der Waals surface area contributed by atoms with Crippen molar-refractivity contribution in [2.24, 2.45) is 0 Å². The molecule has 0 fully saturated rings. The number of anilines is 1. The van der Waals surface area contributed by atoms with Crippen molar-refractivity contribution in [1.82, 2.24) is 10.2 Å². The quantitative estimate of drug-likeness (QED) is 0.894. The number of carbonyl (C=O) groups is 1. The molecule has 2 aromatic rings. The van der Waals surface area contributed by atoms with Gasteiger partial charge in [-0.3, -0.25) is 9.89 Å². The van der Waals surface area contributed by atoms with Gasteiger partial charge in [0.2, 0.25) is 0 Å². The molecular formula is C14H14ClN3O2. The lowest BCUT2D eigenvalue weighted by Crippen LogP contribution is -2.17. The molecule has 104 valence electrons. The highest BCUT2D eigenvalue weighted by Gasteiger charge is 2.22. The lowest BCUT2D eigenvalue weighted by Gasteiger charge is -2.12. The molecule has 0 saturated carbocycles. The summed E-state index contributed by atoms with van der Waals surface area (Å²) >= 11 is 6.04. The van der Waals surface area contributed by atoms with E-state index < -0.39 is 0 Å². The Balaban J connectivity index is 1.82. The van der Waals surface area contributed by atoms with Gasteiger partial charge in [0.15, 0.2) is 5.69 Å². The summed E-state index contributed by atoms with van der Waals surface area (Å²) in [6, 6.07) is 5.40. The zero-order valence-corrected chi connectivity index (χ0v) is 11.8. The summed E-state index contributed by atoms with van der Waals surface area (Å²) in [6.07, 6.45) is 0.756. The highest BCUT2D eigenvalue weighted by atomic mass is 35.5. The second-order valence-corrected chi connectivity index (χ2v) is 5.16. The highest BCUT2D eigenvalue weighted by molar-refractivity contribution is 6.31.